The van der Waals surface area contributed by atoms with Gasteiger partial charge in [-0.15, -0.1) is 0 Å². The number of ether oxygens (including phenoxy) is 1. The van der Waals surface area contributed by atoms with Crippen LogP contribution in [0.25, 0.3) is 0 Å². The molecule has 0 aliphatic heterocycles. The summed E-state index contributed by atoms with van der Waals surface area (Å²) in [5, 5.41) is 0.522. The second-order valence-corrected chi connectivity index (χ2v) is 5.66. The van der Waals surface area contributed by atoms with Gasteiger partial charge in [0, 0.05) is 17.3 Å². The molecule has 0 bridgehead atoms. The predicted molar refractivity (Wildman–Crippen MR) is 80.4 cm³/mol. The first-order chi connectivity index (χ1) is 10.3. The number of pyridine rings is 1. The number of nitrogens with zero attached hydrogens (tertiary/aromatic N) is 1. The summed E-state index contributed by atoms with van der Waals surface area (Å²) in [4.78, 5) is 11.6. The molecule has 0 radical (unpaired) electrons. The van der Waals surface area contributed by atoms with Crippen molar-refractivity contribution in [2.75, 3.05) is 6.61 Å². The minimum absolute atomic E-state index is 0.00216. The smallest absolute Gasteiger partial charge is 0.417 e. The van der Waals surface area contributed by atoms with Crippen LogP contribution in [0.4, 0.5) is 13.2 Å². The van der Waals surface area contributed by atoms with Crippen molar-refractivity contribution in [2.24, 2.45) is 0 Å². The standard InChI is InChI=1S/C14H10BrClF3NO2/c15-11-7-10(16)2-3-12(11)22-6-5-20-8-9(14(17,18)19)1-4-13(20)21/h1-4,7-8H,5-6H2. The minimum atomic E-state index is -4.49. The van der Waals surface area contributed by atoms with Crippen LogP contribution in [0.3, 0.4) is 0 Å². The zero-order valence-corrected chi connectivity index (χ0v) is 13.4. The predicted octanol–water partition coefficient (Wildman–Crippen LogP) is 4.36. The lowest BCUT2D eigenvalue weighted by Crippen LogP contribution is -2.24. The highest BCUT2D eigenvalue weighted by atomic mass is 79.9. The molecule has 1 aromatic heterocycles. The Labute approximate surface area is 137 Å². The van der Waals surface area contributed by atoms with Crippen LogP contribution in [0.1, 0.15) is 5.56 Å². The van der Waals surface area contributed by atoms with Crippen molar-refractivity contribution in [1.29, 1.82) is 0 Å². The molecule has 0 fully saturated rings. The van der Waals surface area contributed by atoms with Crippen molar-refractivity contribution in [3.05, 3.63) is 61.9 Å². The molecule has 0 spiro atoms. The molecule has 1 aromatic carbocycles. The molecule has 22 heavy (non-hydrogen) atoms. The van der Waals surface area contributed by atoms with Gasteiger partial charge in [0.2, 0.25) is 0 Å². The molecular weight excluding hydrogens is 387 g/mol. The summed E-state index contributed by atoms with van der Waals surface area (Å²) < 4.78 is 44.9. The Bertz CT molecular complexity index is 731. The van der Waals surface area contributed by atoms with Crippen LogP contribution >= 0.6 is 27.5 Å². The fourth-order valence-corrected chi connectivity index (χ4v) is 2.52. The van der Waals surface area contributed by atoms with E-state index in [1.807, 2.05) is 0 Å². The number of halogens is 5. The molecule has 0 atom stereocenters. The highest BCUT2D eigenvalue weighted by molar-refractivity contribution is 9.10. The van der Waals surface area contributed by atoms with Crippen molar-refractivity contribution in [3.63, 3.8) is 0 Å². The van der Waals surface area contributed by atoms with Gasteiger partial charge in [-0.05, 0) is 40.2 Å². The minimum Gasteiger partial charge on any atom is -0.491 e. The quantitative estimate of drug-likeness (QED) is 0.769. The normalized spacial score (nSPS) is 11.5. The lowest BCUT2D eigenvalue weighted by atomic mass is 10.3. The number of rotatable bonds is 4. The van der Waals surface area contributed by atoms with Crippen LogP contribution in [0.15, 0.2) is 45.8 Å². The first-order valence-electron chi connectivity index (χ1n) is 6.13. The van der Waals surface area contributed by atoms with E-state index in [2.05, 4.69) is 15.9 Å². The van der Waals surface area contributed by atoms with Gasteiger partial charge >= 0.3 is 6.18 Å². The van der Waals surface area contributed by atoms with E-state index >= 15 is 0 Å². The Hall–Kier alpha value is -1.47. The molecule has 8 heteroatoms. The van der Waals surface area contributed by atoms with Crippen LogP contribution in [-0.4, -0.2) is 11.2 Å². The highest BCUT2D eigenvalue weighted by Gasteiger charge is 2.30. The molecule has 3 nitrogen and oxygen atoms in total. The van der Waals surface area contributed by atoms with Gasteiger partial charge in [0.1, 0.15) is 12.4 Å². The number of aromatic nitrogens is 1. The maximum atomic E-state index is 12.6. The van der Waals surface area contributed by atoms with Crippen molar-refractivity contribution >= 4 is 27.5 Å². The summed E-state index contributed by atoms with van der Waals surface area (Å²) in [6.45, 7) is 0.0409. The van der Waals surface area contributed by atoms with Crippen LogP contribution < -0.4 is 10.3 Å². The summed E-state index contributed by atoms with van der Waals surface area (Å²) in [5.74, 6) is 0.490. The fraction of sp³-hybridized carbons (Fsp3) is 0.214. The van der Waals surface area contributed by atoms with E-state index in [0.29, 0.717) is 15.2 Å². The summed E-state index contributed by atoms with van der Waals surface area (Å²) >= 11 is 9.05. The first-order valence-corrected chi connectivity index (χ1v) is 7.30. The Kier molecular flexibility index (Phi) is 5.18. The number of alkyl halides is 3. The molecule has 118 valence electrons. The van der Waals surface area contributed by atoms with Crippen LogP contribution in [-0.2, 0) is 12.7 Å². The SMILES string of the molecule is O=c1ccc(C(F)(F)F)cn1CCOc1ccc(Cl)cc1Br. The number of hydrogen-bond acceptors (Lipinski definition) is 2. The number of hydrogen-bond donors (Lipinski definition) is 0. The van der Waals surface area contributed by atoms with Crippen LogP contribution in [0.2, 0.25) is 5.02 Å². The van der Waals surface area contributed by atoms with Gasteiger partial charge in [0.05, 0.1) is 16.6 Å². The van der Waals surface area contributed by atoms with Gasteiger partial charge < -0.3 is 9.30 Å². The van der Waals surface area contributed by atoms with E-state index < -0.39 is 17.3 Å². The molecule has 0 N–H and O–H groups in total. The van der Waals surface area contributed by atoms with E-state index in [4.69, 9.17) is 16.3 Å². The molecule has 0 aliphatic rings. The van der Waals surface area contributed by atoms with E-state index in [9.17, 15) is 18.0 Å². The molecule has 0 unspecified atom stereocenters. The molecular formula is C14H10BrClF3NO2. The van der Waals surface area contributed by atoms with Gasteiger partial charge in [-0.1, -0.05) is 11.6 Å². The van der Waals surface area contributed by atoms with Gasteiger partial charge in [-0.25, -0.2) is 0 Å². The van der Waals surface area contributed by atoms with E-state index in [1.165, 1.54) is 0 Å². The lowest BCUT2D eigenvalue weighted by Gasteiger charge is -2.12. The Morgan fingerprint density at radius 2 is 1.95 bits per heavy atom. The molecule has 1 heterocycles. The molecule has 2 rings (SSSR count). The average molecular weight is 397 g/mol. The Morgan fingerprint density at radius 3 is 2.59 bits per heavy atom. The molecule has 0 aliphatic carbocycles. The molecule has 0 saturated carbocycles. The second kappa shape index (κ2) is 6.75. The zero-order valence-electron chi connectivity index (χ0n) is 11.0. The summed E-state index contributed by atoms with van der Waals surface area (Å²) in [7, 11) is 0. The Morgan fingerprint density at radius 1 is 1.23 bits per heavy atom. The van der Waals surface area contributed by atoms with Gasteiger partial charge in [0.15, 0.2) is 0 Å². The van der Waals surface area contributed by atoms with Crippen LogP contribution in [0, 0.1) is 0 Å². The monoisotopic (exact) mass is 395 g/mol. The third kappa shape index (κ3) is 4.27. The van der Waals surface area contributed by atoms with E-state index in [0.717, 1.165) is 22.9 Å². The molecule has 0 amide bonds. The maximum Gasteiger partial charge on any atom is 0.417 e. The number of benzene rings is 1. The molecule has 2 aromatic rings. The third-order valence-corrected chi connectivity index (χ3v) is 3.65. The third-order valence-electron chi connectivity index (χ3n) is 2.79. The van der Waals surface area contributed by atoms with E-state index in [-0.39, 0.29) is 13.2 Å². The van der Waals surface area contributed by atoms with E-state index in [1.54, 1.807) is 18.2 Å². The lowest BCUT2D eigenvalue weighted by molar-refractivity contribution is -0.138. The van der Waals surface area contributed by atoms with Gasteiger partial charge in [-0.3, -0.25) is 4.79 Å². The van der Waals surface area contributed by atoms with Crippen molar-refractivity contribution < 1.29 is 17.9 Å². The summed E-state index contributed by atoms with van der Waals surface area (Å²) in [5.41, 5.74) is -1.40. The summed E-state index contributed by atoms with van der Waals surface area (Å²) in [6, 6.07) is 6.53. The van der Waals surface area contributed by atoms with Gasteiger partial charge in [0.25, 0.3) is 5.56 Å². The zero-order chi connectivity index (χ0) is 16.3. The largest absolute Gasteiger partial charge is 0.491 e. The fourth-order valence-electron chi connectivity index (χ4n) is 1.72. The van der Waals surface area contributed by atoms with Crippen molar-refractivity contribution in [2.45, 2.75) is 12.7 Å². The summed E-state index contributed by atoms with van der Waals surface area (Å²) in [6.07, 6.45) is -3.71. The topological polar surface area (TPSA) is 31.2 Å². The maximum absolute atomic E-state index is 12.6. The average Bonchev–Trinajstić information content (AvgIpc) is 2.42. The highest BCUT2D eigenvalue weighted by Crippen LogP contribution is 2.29. The van der Waals surface area contributed by atoms with Gasteiger partial charge in [-0.2, -0.15) is 13.2 Å². The molecule has 0 saturated heterocycles. The van der Waals surface area contributed by atoms with Crippen molar-refractivity contribution in [1.82, 2.24) is 4.57 Å². The second-order valence-electron chi connectivity index (χ2n) is 4.37. The van der Waals surface area contributed by atoms with Crippen LogP contribution in [0.5, 0.6) is 5.75 Å². The first kappa shape index (κ1) is 16.9. The van der Waals surface area contributed by atoms with Crippen molar-refractivity contribution in [3.8, 4) is 5.75 Å². The Balaban J connectivity index is 2.07.